The van der Waals surface area contributed by atoms with Crippen LogP contribution in [0.3, 0.4) is 0 Å². The fourth-order valence-corrected chi connectivity index (χ4v) is 1.41. The van der Waals surface area contributed by atoms with Crippen molar-refractivity contribution in [1.82, 2.24) is 9.97 Å². The van der Waals surface area contributed by atoms with E-state index in [0.717, 1.165) is 5.56 Å². The third-order valence-corrected chi connectivity index (χ3v) is 2.20. The topological polar surface area (TPSA) is 68.9 Å². The Morgan fingerprint density at radius 1 is 1.25 bits per heavy atom. The lowest BCUT2D eigenvalue weighted by molar-refractivity contribution is 0.101. The van der Waals surface area contributed by atoms with Crippen LogP contribution in [0.5, 0.6) is 0 Å². The Balaban J connectivity index is 2.52. The lowest BCUT2D eigenvalue weighted by Crippen LogP contribution is -2.06. The fourth-order valence-electron chi connectivity index (χ4n) is 1.41. The summed E-state index contributed by atoms with van der Waals surface area (Å²) in [6.07, 6.45) is 1.57. The number of nitrogen functional groups attached to an aromatic ring is 1. The van der Waals surface area contributed by atoms with Gasteiger partial charge in [-0.15, -0.1) is 0 Å². The second-order valence-corrected chi connectivity index (χ2v) is 3.41. The summed E-state index contributed by atoms with van der Waals surface area (Å²) in [4.78, 5) is 19.4. The molecule has 0 radical (unpaired) electrons. The van der Waals surface area contributed by atoms with Gasteiger partial charge in [0, 0.05) is 12.5 Å². The lowest BCUT2D eigenvalue weighted by atomic mass is 10.1. The molecule has 0 saturated heterocycles. The van der Waals surface area contributed by atoms with Crippen molar-refractivity contribution in [3.63, 3.8) is 0 Å². The number of hydrogen-bond acceptors (Lipinski definition) is 4. The van der Waals surface area contributed by atoms with Gasteiger partial charge in [-0.05, 0) is 0 Å². The Bertz CT molecular complexity index is 523. The van der Waals surface area contributed by atoms with Crippen LogP contribution >= 0.6 is 0 Å². The van der Waals surface area contributed by atoms with E-state index < -0.39 is 0 Å². The first-order valence-corrected chi connectivity index (χ1v) is 4.87. The van der Waals surface area contributed by atoms with Crippen molar-refractivity contribution in [2.24, 2.45) is 0 Å². The number of nitrogens with zero attached hydrogens (tertiary/aromatic N) is 2. The van der Waals surface area contributed by atoms with Gasteiger partial charge in [0.25, 0.3) is 0 Å². The van der Waals surface area contributed by atoms with E-state index in [2.05, 4.69) is 9.97 Å². The van der Waals surface area contributed by atoms with Gasteiger partial charge < -0.3 is 5.73 Å². The molecule has 2 aromatic rings. The largest absolute Gasteiger partial charge is 0.382 e. The molecule has 4 heteroatoms. The van der Waals surface area contributed by atoms with E-state index in [1.165, 1.54) is 6.92 Å². The standard InChI is InChI=1S/C12H11N3O/c1-8(16)11-12(13)14-7-10(15-11)9-5-3-2-4-6-9/h2-7H,1H3,(H2,13,14). The zero-order valence-corrected chi connectivity index (χ0v) is 8.84. The van der Waals surface area contributed by atoms with E-state index in [4.69, 9.17) is 5.73 Å². The van der Waals surface area contributed by atoms with Crippen molar-refractivity contribution in [1.29, 1.82) is 0 Å². The van der Waals surface area contributed by atoms with Crippen molar-refractivity contribution >= 4 is 11.6 Å². The van der Waals surface area contributed by atoms with Crippen LogP contribution in [0.2, 0.25) is 0 Å². The number of ketones is 1. The monoisotopic (exact) mass is 213 g/mol. The van der Waals surface area contributed by atoms with E-state index >= 15 is 0 Å². The Kier molecular flexibility index (Phi) is 2.64. The molecule has 0 spiro atoms. The van der Waals surface area contributed by atoms with Crippen molar-refractivity contribution in [2.75, 3.05) is 5.73 Å². The molecular formula is C12H11N3O. The number of aromatic nitrogens is 2. The molecule has 0 aliphatic carbocycles. The predicted octanol–water partition coefficient (Wildman–Crippen LogP) is 1.93. The molecule has 2 rings (SSSR count). The maximum Gasteiger partial charge on any atom is 0.181 e. The van der Waals surface area contributed by atoms with Crippen LogP contribution in [0.1, 0.15) is 17.4 Å². The first-order chi connectivity index (χ1) is 7.68. The summed E-state index contributed by atoms with van der Waals surface area (Å²) < 4.78 is 0. The van der Waals surface area contributed by atoms with Gasteiger partial charge in [0.2, 0.25) is 0 Å². The number of hydrogen-bond donors (Lipinski definition) is 1. The molecule has 0 aliphatic heterocycles. The van der Waals surface area contributed by atoms with Gasteiger partial charge in [0.1, 0.15) is 5.69 Å². The van der Waals surface area contributed by atoms with Gasteiger partial charge in [-0.1, -0.05) is 30.3 Å². The fraction of sp³-hybridized carbons (Fsp3) is 0.0833. The number of nitrogens with two attached hydrogens (primary N) is 1. The SMILES string of the molecule is CC(=O)c1nc(-c2ccccc2)cnc1N. The second kappa shape index (κ2) is 4.10. The number of anilines is 1. The van der Waals surface area contributed by atoms with E-state index in [1.807, 2.05) is 30.3 Å². The second-order valence-electron chi connectivity index (χ2n) is 3.41. The van der Waals surface area contributed by atoms with Crippen LogP contribution in [0.4, 0.5) is 5.82 Å². The van der Waals surface area contributed by atoms with Crippen molar-refractivity contribution in [3.8, 4) is 11.3 Å². The third-order valence-electron chi connectivity index (χ3n) is 2.20. The number of benzene rings is 1. The minimum Gasteiger partial charge on any atom is -0.382 e. The molecule has 1 aromatic heterocycles. The number of Topliss-reactive ketones (excluding diaryl/α,β-unsaturated/α-hetero) is 1. The Morgan fingerprint density at radius 2 is 1.94 bits per heavy atom. The molecule has 0 unspecified atom stereocenters. The molecule has 0 fully saturated rings. The van der Waals surface area contributed by atoms with Crippen LogP contribution in [0.25, 0.3) is 11.3 Å². The van der Waals surface area contributed by atoms with Crippen LogP contribution < -0.4 is 5.73 Å². The summed E-state index contributed by atoms with van der Waals surface area (Å²) in [5, 5.41) is 0. The first kappa shape index (κ1) is 10.3. The molecule has 0 aliphatic rings. The van der Waals surface area contributed by atoms with Gasteiger partial charge in [-0.2, -0.15) is 0 Å². The molecular weight excluding hydrogens is 202 g/mol. The molecule has 0 bridgehead atoms. The van der Waals surface area contributed by atoms with Gasteiger partial charge in [-0.3, -0.25) is 4.79 Å². The maximum absolute atomic E-state index is 11.3. The molecule has 16 heavy (non-hydrogen) atoms. The number of rotatable bonds is 2. The van der Waals surface area contributed by atoms with Gasteiger partial charge in [0.05, 0.1) is 11.9 Å². The highest BCUT2D eigenvalue weighted by molar-refractivity contribution is 5.96. The number of carbonyl (C=O) groups excluding carboxylic acids is 1. The molecule has 2 N–H and O–H groups in total. The average Bonchev–Trinajstić information content (AvgIpc) is 2.30. The minimum absolute atomic E-state index is 0.173. The Morgan fingerprint density at radius 3 is 2.56 bits per heavy atom. The maximum atomic E-state index is 11.3. The summed E-state index contributed by atoms with van der Waals surface area (Å²) in [6, 6.07) is 9.54. The Hall–Kier alpha value is -2.23. The zero-order valence-electron chi connectivity index (χ0n) is 8.84. The molecule has 0 saturated carbocycles. The highest BCUT2D eigenvalue weighted by Crippen LogP contribution is 2.17. The van der Waals surface area contributed by atoms with E-state index in [-0.39, 0.29) is 17.3 Å². The van der Waals surface area contributed by atoms with Crippen LogP contribution in [-0.4, -0.2) is 15.8 Å². The molecule has 0 atom stereocenters. The van der Waals surface area contributed by atoms with E-state index in [0.29, 0.717) is 5.69 Å². The predicted molar refractivity (Wildman–Crippen MR) is 61.9 cm³/mol. The third kappa shape index (κ3) is 1.91. The van der Waals surface area contributed by atoms with Gasteiger partial charge >= 0.3 is 0 Å². The molecule has 4 nitrogen and oxygen atoms in total. The highest BCUT2D eigenvalue weighted by Gasteiger charge is 2.09. The zero-order chi connectivity index (χ0) is 11.5. The van der Waals surface area contributed by atoms with Crippen LogP contribution in [0.15, 0.2) is 36.5 Å². The Labute approximate surface area is 93.2 Å². The smallest absolute Gasteiger partial charge is 0.181 e. The molecule has 0 amide bonds. The summed E-state index contributed by atoms with van der Waals surface area (Å²) in [6.45, 7) is 1.43. The van der Waals surface area contributed by atoms with Gasteiger partial charge in [0.15, 0.2) is 11.6 Å². The summed E-state index contributed by atoms with van der Waals surface area (Å²) in [7, 11) is 0. The first-order valence-electron chi connectivity index (χ1n) is 4.87. The van der Waals surface area contributed by atoms with E-state index in [1.54, 1.807) is 6.20 Å². The minimum atomic E-state index is -0.178. The highest BCUT2D eigenvalue weighted by atomic mass is 16.1. The lowest BCUT2D eigenvalue weighted by Gasteiger charge is -2.04. The average molecular weight is 213 g/mol. The summed E-state index contributed by atoms with van der Waals surface area (Å²) in [5.74, 6) is -0.00466. The molecule has 80 valence electrons. The normalized spacial score (nSPS) is 10.1. The van der Waals surface area contributed by atoms with Crippen molar-refractivity contribution in [2.45, 2.75) is 6.92 Å². The molecule has 1 aromatic carbocycles. The molecule has 1 heterocycles. The summed E-state index contributed by atoms with van der Waals surface area (Å²) >= 11 is 0. The van der Waals surface area contributed by atoms with Crippen molar-refractivity contribution < 1.29 is 4.79 Å². The van der Waals surface area contributed by atoms with Crippen LogP contribution in [-0.2, 0) is 0 Å². The van der Waals surface area contributed by atoms with Gasteiger partial charge in [-0.25, -0.2) is 9.97 Å². The summed E-state index contributed by atoms with van der Waals surface area (Å²) in [5.41, 5.74) is 7.36. The van der Waals surface area contributed by atoms with E-state index in [9.17, 15) is 4.79 Å². The van der Waals surface area contributed by atoms with Crippen molar-refractivity contribution in [3.05, 3.63) is 42.2 Å². The number of carbonyl (C=O) groups is 1. The van der Waals surface area contributed by atoms with Crippen LogP contribution in [0, 0.1) is 0 Å². The quantitative estimate of drug-likeness (QED) is 0.774.